The van der Waals surface area contributed by atoms with E-state index in [1.807, 2.05) is 0 Å². The van der Waals surface area contributed by atoms with Crippen molar-refractivity contribution in [3.63, 3.8) is 0 Å². The molecule has 1 unspecified atom stereocenters. The number of rotatable bonds is 5. The molecular formula is C20H25FN4O4. The molecule has 3 N–H and O–H groups in total. The molecule has 0 radical (unpaired) electrons. The van der Waals surface area contributed by atoms with Crippen LogP contribution >= 0.6 is 0 Å². The van der Waals surface area contributed by atoms with Crippen LogP contribution in [0.3, 0.4) is 0 Å². The fraction of sp³-hybridized carbons (Fsp3) is 0.450. The monoisotopic (exact) mass is 404 g/mol. The first-order chi connectivity index (χ1) is 13.8. The molecule has 156 valence electrons. The van der Waals surface area contributed by atoms with Crippen LogP contribution in [-0.4, -0.2) is 44.9 Å². The molecule has 9 heteroatoms. The number of aromatic hydroxyl groups is 1. The molecule has 1 amide bonds. The van der Waals surface area contributed by atoms with Crippen LogP contribution in [0, 0.1) is 12.7 Å². The van der Waals surface area contributed by atoms with E-state index in [1.54, 1.807) is 24.0 Å². The van der Waals surface area contributed by atoms with E-state index in [2.05, 4.69) is 10.3 Å². The molecule has 1 atom stereocenters. The van der Waals surface area contributed by atoms with E-state index in [0.29, 0.717) is 17.7 Å². The Hall–Kier alpha value is -2.94. The smallest absolute Gasteiger partial charge is 0.297 e. The number of aliphatic hydroxyl groups excluding tert-OH is 1. The van der Waals surface area contributed by atoms with E-state index in [-0.39, 0.29) is 36.7 Å². The van der Waals surface area contributed by atoms with Gasteiger partial charge in [0.1, 0.15) is 5.82 Å². The molecule has 0 aliphatic carbocycles. The van der Waals surface area contributed by atoms with Gasteiger partial charge in [-0.3, -0.25) is 14.2 Å². The van der Waals surface area contributed by atoms with E-state index < -0.39 is 17.2 Å². The van der Waals surface area contributed by atoms with Gasteiger partial charge in [-0.05, 0) is 43.4 Å². The first-order valence-corrected chi connectivity index (χ1v) is 9.54. The Balaban J connectivity index is 1.88. The molecule has 2 heterocycles. The number of aryl methyl sites for hydroxylation is 1. The van der Waals surface area contributed by atoms with Gasteiger partial charge in [-0.2, -0.15) is 0 Å². The number of carbonyl (C=O) groups is 1. The lowest BCUT2D eigenvalue weighted by Crippen LogP contribution is -2.45. The highest BCUT2D eigenvalue weighted by molar-refractivity contribution is 5.95. The zero-order valence-corrected chi connectivity index (χ0v) is 16.5. The van der Waals surface area contributed by atoms with Crippen LogP contribution in [0.15, 0.2) is 23.0 Å². The summed E-state index contributed by atoms with van der Waals surface area (Å²) in [5.74, 6) is -1.55. The van der Waals surface area contributed by atoms with E-state index in [0.717, 1.165) is 19.3 Å². The van der Waals surface area contributed by atoms with Gasteiger partial charge in [0.2, 0.25) is 11.7 Å². The molecule has 8 nitrogen and oxygen atoms in total. The standard InChI is InChI=1S/C20H25FN4O4/c1-12-9-13(6-7-15(12)21)10-22-18(28)16-17(27)19(29)24(2)20(23-16)25-8-4-3-5-14(25)11-26/h6-7,9,14,26-27H,3-5,8,10-11H2,1-2H3,(H,22,28). The van der Waals surface area contributed by atoms with Crippen LogP contribution in [0.25, 0.3) is 0 Å². The summed E-state index contributed by atoms with van der Waals surface area (Å²) in [6, 6.07) is 4.27. The highest BCUT2D eigenvalue weighted by Crippen LogP contribution is 2.24. The van der Waals surface area contributed by atoms with Crippen molar-refractivity contribution in [3.05, 3.63) is 51.2 Å². The van der Waals surface area contributed by atoms with Gasteiger partial charge in [-0.1, -0.05) is 12.1 Å². The van der Waals surface area contributed by atoms with Crippen molar-refractivity contribution in [2.75, 3.05) is 18.1 Å². The summed E-state index contributed by atoms with van der Waals surface area (Å²) in [4.78, 5) is 31.1. The maximum atomic E-state index is 13.4. The number of amides is 1. The topological polar surface area (TPSA) is 108 Å². The van der Waals surface area contributed by atoms with Crippen LogP contribution in [0.4, 0.5) is 10.3 Å². The largest absolute Gasteiger partial charge is 0.501 e. The minimum atomic E-state index is -0.736. The average Bonchev–Trinajstić information content (AvgIpc) is 2.73. The quantitative estimate of drug-likeness (QED) is 0.692. The molecule has 1 aliphatic rings. The van der Waals surface area contributed by atoms with Gasteiger partial charge < -0.3 is 20.4 Å². The Morgan fingerprint density at radius 1 is 1.38 bits per heavy atom. The fourth-order valence-corrected chi connectivity index (χ4v) is 3.53. The second kappa shape index (κ2) is 8.60. The van der Waals surface area contributed by atoms with Gasteiger partial charge in [-0.15, -0.1) is 0 Å². The number of nitrogens with one attached hydrogen (secondary N) is 1. The summed E-state index contributed by atoms with van der Waals surface area (Å²) in [6.45, 7) is 2.21. The number of carbonyl (C=O) groups excluding carboxylic acids is 1. The third-order valence-corrected chi connectivity index (χ3v) is 5.23. The molecule has 0 bridgehead atoms. The summed E-state index contributed by atoms with van der Waals surface area (Å²) >= 11 is 0. The normalized spacial score (nSPS) is 16.7. The van der Waals surface area contributed by atoms with Crippen molar-refractivity contribution in [2.45, 2.75) is 38.8 Å². The number of halogens is 1. The molecule has 0 saturated carbocycles. The van der Waals surface area contributed by atoms with E-state index in [9.17, 15) is 24.2 Å². The average molecular weight is 404 g/mol. The summed E-state index contributed by atoms with van der Waals surface area (Å²) in [6.07, 6.45) is 2.58. The number of piperidine rings is 1. The van der Waals surface area contributed by atoms with Gasteiger partial charge in [0, 0.05) is 20.1 Å². The Kier molecular flexibility index (Phi) is 6.17. The zero-order chi connectivity index (χ0) is 21.1. The van der Waals surface area contributed by atoms with Crippen molar-refractivity contribution in [2.24, 2.45) is 7.05 Å². The maximum Gasteiger partial charge on any atom is 0.297 e. The molecule has 1 fully saturated rings. The van der Waals surface area contributed by atoms with E-state index >= 15 is 0 Å². The minimum absolute atomic E-state index is 0.0919. The maximum absolute atomic E-state index is 13.4. The van der Waals surface area contributed by atoms with E-state index in [4.69, 9.17) is 0 Å². The summed E-state index contributed by atoms with van der Waals surface area (Å²) in [5, 5.41) is 22.5. The third kappa shape index (κ3) is 4.24. The molecule has 0 spiro atoms. The lowest BCUT2D eigenvalue weighted by Gasteiger charge is -2.36. The van der Waals surface area contributed by atoms with Gasteiger partial charge in [0.15, 0.2) is 5.69 Å². The van der Waals surface area contributed by atoms with Crippen molar-refractivity contribution < 1.29 is 19.4 Å². The Labute approximate surface area is 167 Å². The first kappa shape index (κ1) is 20.8. The molecule has 3 rings (SSSR count). The Morgan fingerprint density at radius 3 is 2.83 bits per heavy atom. The summed E-state index contributed by atoms with van der Waals surface area (Å²) in [5.41, 5.74) is 0.0233. The molecule has 1 aromatic heterocycles. The summed E-state index contributed by atoms with van der Waals surface area (Å²) < 4.78 is 14.6. The lowest BCUT2D eigenvalue weighted by molar-refractivity contribution is 0.0942. The number of hydrogen-bond donors (Lipinski definition) is 3. The van der Waals surface area contributed by atoms with E-state index in [1.165, 1.54) is 17.7 Å². The van der Waals surface area contributed by atoms with Gasteiger partial charge in [0.25, 0.3) is 11.5 Å². The molecule has 1 saturated heterocycles. The highest BCUT2D eigenvalue weighted by Gasteiger charge is 2.28. The second-order valence-corrected chi connectivity index (χ2v) is 7.26. The number of anilines is 1. The second-order valence-electron chi connectivity index (χ2n) is 7.26. The van der Waals surface area contributed by atoms with Crippen LogP contribution in [-0.2, 0) is 13.6 Å². The van der Waals surface area contributed by atoms with Crippen molar-refractivity contribution in [1.82, 2.24) is 14.9 Å². The molecule has 1 aromatic carbocycles. The predicted octanol–water partition coefficient (Wildman–Crippen LogP) is 1.21. The van der Waals surface area contributed by atoms with Crippen molar-refractivity contribution in [1.29, 1.82) is 0 Å². The van der Waals surface area contributed by atoms with Crippen LogP contribution in [0.2, 0.25) is 0 Å². The molecule has 29 heavy (non-hydrogen) atoms. The fourth-order valence-electron chi connectivity index (χ4n) is 3.53. The number of nitrogens with zero attached hydrogens (tertiary/aromatic N) is 3. The zero-order valence-electron chi connectivity index (χ0n) is 16.5. The Bertz CT molecular complexity index is 976. The van der Waals surface area contributed by atoms with Gasteiger partial charge in [-0.25, -0.2) is 9.37 Å². The number of aliphatic hydroxyl groups is 1. The molecular weight excluding hydrogens is 379 g/mol. The SMILES string of the molecule is Cc1cc(CNC(=O)c2nc(N3CCCCC3CO)n(C)c(=O)c2O)ccc1F. The molecule has 1 aliphatic heterocycles. The number of hydrogen-bond acceptors (Lipinski definition) is 6. The first-order valence-electron chi connectivity index (χ1n) is 9.54. The van der Waals surface area contributed by atoms with Crippen LogP contribution in [0.5, 0.6) is 5.75 Å². The van der Waals surface area contributed by atoms with Gasteiger partial charge in [0.05, 0.1) is 12.6 Å². The minimum Gasteiger partial charge on any atom is -0.501 e. The van der Waals surface area contributed by atoms with Gasteiger partial charge >= 0.3 is 0 Å². The van der Waals surface area contributed by atoms with Crippen molar-refractivity contribution >= 4 is 11.9 Å². The third-order valence-electron chi connectivity index (χ3n) is 5.23. The highest BCUT2D eigenvalue weighted by atomic mass is 19.1. The van der Waals surface area contributed by atoms with Crippen LogP contribution < -0.4 is 15.8 Å². The predicted molar refractivity (Wildman–Crippen MR) is 106 cm³/mol. The number of benzene rings is 1. The summed E-state index contributed by atoms with van der Waals surface area (Å²) in [7, 11) is 1.47. The van der Waals surface area contributed by atoms with Crippen LogP contribution in [0.1, 0.15) is 40.9 Å². The number of aromatic nitrogens is 2. The molecule has 2 aromatic rings. The Morgan fingerprint density at radius 2 is 2.14 bits per heavy atom. The lowest BCUT2D eigenvalue weighted by atomic mass is 10.0. The van der Waals surface area contributed by atoms with Crippen molar-refractivity contribution in [3.8, 4) is 5.75 Å².